The van der Waals surface area contributed by atoms with Crippen molar-refractivity contribution in [3.63, 3.8) is 0 Å². The zero-order chi connectivity index (χ0) is 8.43. The monoisotopic (exact) mass is 296 g/mol. The zero-order valence-corrected chi connectivity index (χ0v) is 9.20. The van der Waals surface area contributed by atoms with E-state index in [0.29, 0.717) is 5.56 Å². The summed E-state index contributed by atoms with van der Waals surface area (Å²) in [4.78, 5) is 10.6. The van der Waals surface area contributed by atoms with Crippen LogP contribution in [0.3, 0.4) is 0 Å². The molecule has 0 aromatic heterocycles. The minimum atomic E-state index is -0.446. The average Bonchev–Trinajstić information content (AvgIpc) is 1.94. The van der Waals surface area contributed by atoms with E-state index in [9.17, 15) is 4.79 Å². The third-order valence-electron chi connectivity index (χ3n) is 1.15. The van der Waals surface area contributed by atoms with E-state index >= 15 is 0 Å². The van der Waals surface area contributed by atoms with E-state index < -0.39 is 5.24 Å². The van der Waals surface area contributed by atoms with E-state index in [4.69, 9.17) is 11.6 Å². The van der Waals surface area contributed by atoms with E-state index in [1.54, 1.807) is 18.2 Å². The summed E-state index contributed by atoms with van der Waals surface area (Å²) >= 11 is 11.8. The van der Waals surface area contributed by atoms with Crippen LogP contribution in [0.4, 0.5) is 0 Å². The predicted octanol–water partition coefficient (Wildman–Crippen LogP) is 3.59. The summed E-state index contributed by atoms with van der Waals surface area (Å²) in [6, 6.07) is 5.09. The lowest BCUT2D eigenvalue weighted by molar-refractivity contribution is 0.108. The van der Waals surface area contributed by atoms with Crippen LogP contribution < -0.4 is 0 Å². The summed E-state index contributed by atoms with van der Waals surface area (Å²) in [5, 5.41) is -0.446. The molecular weight excluding hydrogens is 295 g/mol. The first kappa shape index (κ1) is 9.23. The molecule has 0 aliphatic carbocycles. The Kier molecular flexibility index (Phi) is 3.10. The molecular formula is C7H3Br2ClO. The molecule has 4 heteroatoms. The van der Waals surface area contributed by atoms with Crippen LogP contribution in [0.5, 0.6) is 0 Å². The normalized spacial score (nSPS) is 9.73. The van der Waals surface area contributed by atoms with Crippen molar-refractivity contribution in [1.29, 1.82) is 0 Å². The molecule has 1 aromatic carbocycles. The molecule has 0 amide bonds. The van der Waals surface area contributed by atoms with E-state index in [1.807, 2.05) is 0 Å². The molecule has 0 saturated heterocycles. The second-order valence-electron chi connectivity index (χ2n) is 1.90. The third kappa shape index (κ3) is 2.29. The summed E-state index contributed by atoms with van der Waals surface area (Å²) in [6.07, 6.45) is 0. The highest BCUT2D eigenvalue weighted by atomic mass is 79.9. The van der Waals surface area contributed by atoms with Crippen LogP contribution in [-0.4, -0.2) is 5.24 Å². The summed E-state index contributed by atoms with van der Waals surface area (Å²) in [7, 11) is 0. The summed E-state index contributed by atoms with van der Waals surface area (Å²) in [6.45, 7) is 0. The van der Waals surface area contributed by atoms with Crippen molar-refractivity contribution in [2.24, 2.45) is 0 Å². The maximum Gasteiger partial charge on any atom is 0.252 e. The molecule has 0 radical (unpaired) electrons. The largest absolute Gasteiger partial charge is 0.276 e. The molecule has 0 unspecified atom stereocenters. The van der Waals surface area contributed by atoms with Crippen LogP contribution >= 0.6 is 43.5 Å². The first-order chi connectivity index (χ1) is 5.11. The standard InChI is InChI=1S/C7H3Br2ClO/c8-5-2-1-4(7(10)11)3-6(5)9/h1-3H. The Hall–Kier alpha value is 0.140. The molecule has 1 aromatic rings. The highest BCUT2D eigenvalue weighted by Crippen LogP contribution is 2.24. The van der Waals surface area contributed by atoms with Crippen LogP contribution in [0.15, 0.2) is 27.1 Å². The fourth-order valence-electron chi connectivity index (χ4n) is 0.618. The second kappa shape index (κ2) is 3.70. The fraction of sp³-hybridized carbons (Fsp3) is 0. The number of hydrogen-bond donors (Lipinski definition) is 0. The number of hydrogen-bond acceptors (Lipinski definition) is 1. The smallest absolute Gasteiger partial charge is 0.252 e. The van der Waals surface area contributed by atoms with Gasteiger partial charge in [0.1, 0.15) is 0 Å². The predicted molar refractivity (Wildman–Crippen MR) is 52.0 cm³/mol. The van der Waals surface area contributed by atoms with Gasteiger partial charge >= 0.3 is 0 Å². The van der Waals surface area contributed by atoms with Crippen molar-refractivity contribution in [2.45, 2.75) is 0 Å². The lowest BCUT2D eigenvalue weighted by atomic mass is 10.2. The van der Waals surface area contributed by atoms with Gasteiger partial charge < -0.3 is 0 Å². The Morgan fingerprint density at radius 3 is 2.36 bits per heavy atom. The number of carbonyl (C=O) groups excluding carboxylic acids is 1. The molecule has 0 N–H and O–H groups in total. The van der Waals surface area contributed by atoms with Crippen LogP contribution in [0.1, 0.15) is 10.4 Å². The van der Waals surface area contributed by atoms with Gasteiger partial charge in [0.2, 0.25) is 0 Å². The molecule has 58 valence electrons. The van der Waals surface area contributed by atoms with Gasteiger partial charge in [-0.3, -0.25) is 4.79 Å². The maximum absolute atomic E-state index is 10.6. The molecule has 0 heterocycles. The quantitative estimate of drug-likeness (QED) is 0.724. The van der Waals surface area contributed by atoms with Gasteiger partial charge in [-0.05, 0) is 61.7 Å². The van der Waals surface area contributed by atoms with Gasteiger partial charge in [0.05, 0.1) is 0 Å². The SMILES string of the molecule is O=C(Cl)c1ccc(Br)c(Br)c1. The van der Waals surface area contributed by atoms with Gasteiger partial charge in [0.15, 0.2) is 0 Å². The van der Waals surface area contributed by atoms with Crippen LogP contribution in [-0.2, 0) is 0 Å². The molecule has 0 spiro atoms. The lowest BCUT2D eigenvalue weighted by Gasteiger charge is -1.96. The lowest BCUT2D eigenvalue weighted by Crippen LogP contribution is -1.87. The van der Waals surface area contributed by atoms with Crippen molar-refractivity contribution < 1.29 is 4.79 Å². The van der Waals surface area contributed by atoms with Gasteiger partial charge in [-0.15, -0.1) is 0 Å². The van der Waals surface area contributed by atoms with E-state index in [-0.39, 0.29) is 0 Å². The van der Waals surface area contributed by atoms with Crippen LogP contribution in [0, 0.1) is 0 Å². The Morgan fingerprint density at radius 1 is 1.27 bits per heavy atom. The van der Waals surface area contributed by atoms with Gasteiger partial charge in [-0.25, -0.2) is 0 Å². The Labute approximate surface area is 86.0 Å². The molecule has 0 aliphatic heterocycles. The fourth-order valence-corrected chi connectivity index (χ4v) is 1.36. The number of rotatable bonds is 1. The van der Waals surface area contributed by atoms with Crippen molar-refractivity contribution in [1.82, 2.24) is 0 Å². The number of benzene rings is 1. The van der Waals surface area contributed by atoms with E-state index in [0.717, 1.165) is 8.95 Å². The highest BCUT2D eigenvalue weighted by Gasteiger charge is 2.03. The Balaban J connectivity index is 3.15. The molecule has 0 bridgehead atoms. The molecule has 0 atom stereocenters. The first-order valence-electron chi connectivity index (χ1n) is 2.76. The summed E-state index contributed by atoms with van der Waals surface area (Å²) in [5.41, 5.74) is 0.488. The van der Waals surface area contributed by atoms with E-state index in [1.165, 1.54) is 0 Å². The van der Waals surface area contributed by atoms with Gasteiger partial charge in [0, 0.05) is 14.5 Å². The molecule has 0 aliphatic rings. The zero-order valence-electron chi connectivity index (χ0n) is 5.27. The van der Waals surface area contributed by atoms with Gasteiger partial charge in [-0.2, -0.15) is 0 Å². The van der Waals surface area contributed by atoms with Crippen molar-refractivity contribution >= 4 is 48.7 Å². The summed E-state index contributed by atoms with van der Waals surface area (Å²) < 4.78 is 1.73. The molecule has 0 fully saturated rings. The molecule has 0 saturated carbocycles. The van der Waals surface area contributed by atoms with Crippen LogP contribution in [0.2, 0.25) is 0 Å². The average molecular weight is 298 g/mol. The van der Waals surface area contributed by atoms with Gasteiger partial charge in [0.25, 0.3) is 5.24 Å². The molecule has 1 rings (SSSR count). The van der Waals surface area contributed by atoms with Gasteiger partial charge in [-0.1, -0.05) is 0 Å². The minimum Gasteiger partial charge on any atom is -0.276 e. The Bertz CT molecular complexity index is 298. The van der Waals surface area contributed by atoms with Crippen molar-refractivity contribution in [3.05, 3.63) is 32.7 Å². The second-order valence-corrected chi connectivity index (χ2v) is 3.95. The van der Waals surface area contributed by atoms with Crippen LogP contribution in [0.25, 0.3) is 0 Å². The Morgan fingerprint density at radius 2 is 1.91 bits per heavy atom. The molecule has 1 nitrogen and oxygen atoms in total. The van der Waals surface area contributed by atoms with Crippen molar-refractivity contribution in [2.75, 3.05) is 0 Å². The highest BCUT2D eigenvalue weighted by molar-refractivity contribution is 9.13. The first-order valence-corrected chi connectivity index (χ1v) is 4.72. The third-order valence-corrected chi connectivity index (χ3v) is 3.24. The minimum absolute atomic E-state index is 0.446. The van der Waals surface area contributed by atoms with E-state index in [2.05, 4.69) is 31.9 Å². The molecule has 11 heavy (non-hydrogen) atoms. The topological polar surface area (TPSA) is 17.1 Å². The maximum atomic E-state index is 10.6. The summed E-state index contributed by atoms with van der Waals surface area (Å²) in [5.74, 6) is 0. The number of halogens is 3. The number of carbonyl (C=O) groups is 1. The van der Waals surface area contributed by atoms with Crippen molar-refractivity contribution in [3.8, 4) is 0 Å².